The SMILES string of the molecule is CC(CCNC(=O)[C@@H]1CNC[C@H]1C)CCC(=O)O. The molecule has 104 valence electrons. The van der Waals surface area contributed by atoms with Gasteiger partial charge in [0.2, 0.25) is 5.91 Å². The lowest BCUT2D eigenvalue weighted by atomic mass is 9.97. The van der Waals surface area contributed by atoms with Gasteiger partial charge in [-0.15, -0.1) is 0 Å². The van der Waals surface area contributed by atoms with Crippen LogP contribution in [0.4, 0.5) is 0 Å². The maximum atomic E-state index is 11.9. The average molecular weight is 256 g/mol. The van der Waals surface area contributed by atoms with Crippen LogP contribution in [0.25, 0.3) is 0 Å². The van der Waals surface area contributed by atoms with Crippen molar-refractivity contribution in [2.24, 2.45) is 17.8 Å². The van der Waals surface area contributed by atoms with Crippen molar-refractivity contribution in [1.82, 2.24) is 10.6 Å². The maximum Gasteiger partial charge on any atom is 0.303 e. The molecular weight excluding hydrogens is 232 g/mol. The summed E-state index contributed by atoms with van der Waals surface area (Å²) in [5, 5.41) is 14.7. The lowest BCUT2D eigenvalue weighted by Gasteiger charge is -2.15. The zero-order chi connectivity index (χ0) is 13.5. The van der Waals surface area contributed by atoms with E-state index in [-0.39, 0.29) is 18.2 Å². The molecule has 0 aromatic rings. The van der Waals surface area contributed by atoms with Gasteiger partial charge in [0.1, 0.15) is 0 Å². The van der Waals surface area contributed by atoms with Gasteiger partial charge in [0.25, 0.3) is 0 Å². The standard InChI is InChI=1S/C13H24N2O3/c1-9(3-4-12(16)17)5-6-15-13(18)11-8-14-7-10(11)2/h9-11,14H,3-8H2,1-2H3,(H,15,18)(H,16,17)/t9?,10-,11-/m1/s1. The Balaban J connectivity index is 2.13. The van der Waals surface area contributed by atoms with Crippen LogP contribution in [-0.4, -0.2) is 36.6 Å². The molecule has 0 aliphatic carbocycles. The molecule has 5 heteroatoms. The topological polar surface area (TPSA) is 78.4 Å². The van der Waals surface area contributed by atoms with E-state index in [0.29, 0.717) is 24.8 Å². The van der Waals surface area contributed by atoms with E-state index in [9.17, 15) is 9.59 Å². The summed E-state index contributed by atoms with van der Waals surface area (Å²) < 4.78 is 0. The van der Waals surface area contributed by atoms with E-state index in [1.807, 2.05) is 6.92 Å². The molecule has 0 aromatic heterocycles. The van der Waals surface area contributed by atoms with E-state index in [1.165, 1.54) is 0 Å². The minimum absolute atomic E-state index is 0.0827. The summed E-state index contributed by atoms with van der Waals surface area (Å²) in [6.45, 7) is 6.42. The molecule has 1 aliphatic rings. The van der Waals surface area contributed by atoms with Gasteiger partial charge in [-0.3, -0.25) is 9.59 Å². The Morgan fingerprint density at radius 3 is 2.67 bits per heavy atom. The van der Waals surface area contributed by atoms with Crippen LogP contribution in [0.2, 0.25) is 0 Å². The first-order chi connectivity index (χ1) is 8.50. The van der Waals surface area contributed by atoms with Crippen LogP contribution in [0.1, 0.15) is 33.1 Å². The fourth-order valence-corrected chi connectivity index (χ4v) is 2.25. The Labute approximate surface area is 108 Å². The molecule has 1 fully saturated rings. The van der Waals surface area contributed by atoms with Crippen LogP contribution in [0.5, 0.6) is 0 Å². The lowest BCUT2D eigenvalue weighted by Crippen LogP contribution is -2.35. The molecule has 1 saturated heterocycles. The Bertz CT molecular complexity index is 294. The molecule has 0 bridgehead atoms. The van der Waals surface area contributed by atoms with E-state index in [0.717, 1.165) is 19.5 Å². The quantitative estimate of drug-likeness (QED) is 0.631. The van der Waals surface area contributed by atoms with Crippen molar-refractivity contribution < 1.29 is 14.7 Å². The number of carbonyl (C=O) groups is 2. The van der Waals surface area contributed by atoms with Gasteiger partial charge in [-0.25, -0.2) is 0 Å². The van der Waals surface area contributed by atoms with Crippen LogP contribution < -0.4 is 10.6 Å². The Morgan fingerprint density at radius 1 is 1.39 bits per heavy atom. The molecule has 1 heterocycles. The molecule has 1 unspecified atom stereocenters. The van der Waals surface area contributed by atoms with E-state index in [1.54, 1.807) is 0 Å². The molecule has 5 nitrogen and oxygen atoms in total. The van der Waals surface area contributed by atoms with Crippen LogP contribution in [0.15, 0.2) is 0 Å². The van der Waals surface area contributed by atoms with Crippen LogP contribution in [-0.2, 0) is 9.59 Å². The van der Waals surface area contributed by atoms with Gasteiger partial charge in [-0.1, -0.05) is 13.8 Å². The van der Waals surface area contributed by atoms with Crippen molar-refractivity contribution in [3.8, 4) is 0 Å². The summed E-state index contributed by atoms with van der Waals surface area (Å²) in [6, 6.07) is 0. The summed E-state index contributed by atoms with van der Waals surface area (Å²) >= 11 is 0. The molecule has 18 heavy (non-hydrogen) atoms. The summed E-state index contributed by atoms with van der Waals surface area (Å²) in [7, 11) is 0. The monoisotopic (exact) mass is 256 g/mol. The highest BCUT2D eigenvalue weighted by Gasteiger charge is 2.29. The van der Waals surface area contributed by atoms with Crippen molar-refractivity contribution in [3.05, 3.63) is 0 Å². The van der Waals surface area contributed by atoms with Crippen LogP contribution in [0.3, 0.4) is 0 Å². The van der Waals surface area contributed by atoms with Gasteiger partial charge in [-0.05, 0) is 31.2 Å². The molecule has 1 aliphatic heterocycles. The minimum atomic E-state index is -0.753. The first kappa shape index (κ1) is 15.0. The van der Waals surface area contributed by atoms with Crippen molar-refractivity contribution >= 4 is 11.9 Å². The number of carbonyl (C=O) groups excluding carboxylic acids is 1. The number of hydrogen-bond acceptors (Lipinski definition) is 3. The van der Waals surface area contributed by atoms with Crippen LogP contribution >= 0.6 is 0 Å². The van der Waals surface area contributed by atoms with Gasteiger partial charge in [-0.2, -0.15) is 0 Å². The predicted molar refractivity (Wildman–Crippen MR) is 69.2 cm³/mol. The number of amides is 1. The van der Waals surface area contributed by atoms with Crippen molar-refractivity contribution in [1.29, 1.82) is 0 Å². The maximum absolute atomic E-state index is 11.9. The first-order valence-corrected chi connectivity index (χ1v) is 6.71. The van der Waals surface area contributed by atoms with E-state index >= 15 is 0 Å². The number of hydrogen-bond donors (Lipinski definition) is 3. The van der Waals surface area contributed by atoms with Crippen LogP contribution in [0, 0.1) is 17.8 Å². The lowest BCUT2D eigenvalue weighted by molar-refractivity contribution is -0.137. The molecule has 0 aromatic carbocycles. The molecule has 0 radical (unpaired) electrons. The second-order valence-corrected chi connectivity index (χ2v) is 5.36. The highest BCUT2D eigenvalue weighted by Crippen LogP contribution is 2.16. The molecule has 3 N–H and O–H groups in total. The number of carboxylic acid groups (broad SMARTS) is 1. The summed E-state index contributed by atoms with van der Waals surface area (Å²) in [6.07, 6.45) is 1.72. The third-order valence-electron chi connectivity index (χ3n) is 3.64. The average Bonchev–Trinajstić information content (AvgIpc) is 2.72. The number of aliphatic carboxylic acids is 1. The third-order valence-corrected chi connectivity index (χ3v) is 3.64. The second kappa shape index (κ2) is 7.36. The Morgan fingerprint density at radius 2 is 2.11 bits per heavy atom. The predicted octanol–water partition coefficient (Wildman–Crippen LogP) is 0.849. The normalized spacial score (nSPS) is 24.8. The number of nitrogens with one attached hydrogen (secondary N) is 2. The zero-order valence-electron chi connectivity index (χ0n) is 11.2. The second-order valence-electron chi connectivity index (χ2n) is 5.36. The van der Waals surface area contributed by atoms with Crippen molar-refractivity contribution in [2.45, 2.75) is 33.1 Å². The Kier molecular flexibility index (Phi) is 6.12. The number of rotatable bonds is 7. The molecule has 0 saturated carbocycles. The smallest absolute Gasteiger partial charge is 0.303 e. The van der Waals surface area contributed by atoms with Crippen molar-refractivity contribution in [3.63, 3.8) is 0 Å². The minimum Gasteiger partial charge on any atom is -0.481 e. The highest BCUT2D eigenvalue weighted by molar-refractivity contribution is 5.79. The van der Waals surface area contributed by atoms with E-state index in [4.69, 9.17) is 5.11 Å². The number of carboxylic acids is 1. The summed E-state index contributed by atoms with van der Waals surface area (Å²) in [5.74, 6) is 0.184. The fraction of sp³-hybridized carbons (Fsp3) is 0.846. The molecule has 0 spiro atoms. The van der Waals surface area contributed by atoms with E-state index < -0.39 is 5.97 Å². The molecule has 3 atom stereocenters. The van der Waals surface area contributed by atoms with Gasteiger partial charge in [0.05, 0.1) is 5.92 Å². The van der Waals surface area contributed by atoms with Gasteiger partial charge >= 0.3 is 5.97 Å². The Hall–Kier alpha value is -1.10. The summed E-state index contributed by atoms with van der Waals surface area (Å²) in [4.78, 5) is 22.3. The summed E-state index contributed by atoms with van der Waals surface area (Å²) in [5.41, 5.74) is 0. The highest BCUT2D eigenvalue weighted by atomic mass is 16.4. The van der Waals surface area contributed by atoms with Gasteiger partial charge < -0.3 is 15.7 Å². The van der Waals surface area contributed by atoms with Crippen molar-refractivity contribution in [2.75, 3.05) is 19.6 Å². The largest absolute Gasteiger partial charge is 0.481 e. The fourth-order valence-electron chi connectivity index (χ4n) is 2.25. The third kappa shape index (κ3) is 5.04. The molecule has 1 amide bonds. The first-order valence-electron chi connectivity index (χ1n) is 6.71. The zero-order valence-corrected chi connectivity index (χ0v) is 11.2. The molecular formula is C13H24N2O3. The molecule has 1 rings (SSSR count). The van der Waals surface area contributed by atoms with E-state index in [2.05, 4.69) is 17.6 Å². The van der Waals surface area contributed by atoms with Gasteiger partial charge in [0.15, 0.2) is 0 Å². The van der Waals surface area contributed by atoms with Gasteiger partial charge in [0, 0.05) is 19.5 Å².